The van der Waals surface area contributed by atoms with Crippen LogP contribution in [0.2, 0.25) is 0 Å². The molecule has 1 N–H and O–H groups in total. The molecule has 1 unspecified atom stereocenters. The van der Waals surface area contributed by atoms with E-state index in [4.69, 9.17) is 9.47 Å². The van der Waals surface area contributed by atoms with Gasteiger partial charge in [0.2, 0.25) is 0 Å². The standard InChI is InChI=1S/C16H14N2O5/c19-16(11-5-7-12(8-6-11)18(20)21)17-9-13-10-22-14-3-1-2-4-15(14)23-13/h1-8,13H,9-10H2,(H,17,19). The first-order valence-corrected chi connectivity index (χ1v) is 7.04. The second-order valence-electron chi connectivity index (χ2n) is 5.01. The zero-order valence-corrected chi connectivity index (χ0v) is 12.1. The number of nitro groups is 1. The highest BCUT2D eigenvalue weighted by atomic mass is 16.6. The Bertz CT molecular complexity index is 730. The third-order valence-electron chi connectivity index (χ3n) is 3.40. The molecule has 1 heterocycles. The lowest BCUT2D eigenvalue weighted by atomic mass is 10.2. The molecule has 0 aliphatic carbocycles. The van der Waals surface area contributed by atoms with Crippen molar-refractivity contribution in [2.45, 2.75) is 6.10 Å². The van der Waals surface area contributed by atoms with Crippen molar-refractivity contribution in [2.75, 3.05) is 13.2 Å². The molecule has 2 aromatic carbocycles. The van der Waals surface area contributed by atoms with Gasteiger partial charge in [-0.3, -0.25) is 14.9 Å². The maximum absolute atomic E-state index is 12.0. The van der Waals surface area contributed by atoms with Crippen molar-refractivity contribution < 1.29 is 19.2 Å². The summed E-state index contributed by atoms with van der Waals surface area (Å²) in [5.41, 5.74) is 0.301. The molecule has 1 amide bonds. The van der Waals surface area contributed by atoms with Crippen LogP contribution < -0.4 is 14.8 Å². The number of hydrogen-bond donors (Lipinski definition) is 1. The van der Waals surface area contributed by atoms with Gasteiger partial charge in [-0.2, -0.15) is 0 Å². The number of nitrogens with one attached hydrogen (secondary N) is 1. The molecule has 3 rings (SSSR count). The van der Waals surface area contributed by atoms with Gasteiger partial charge in [0.05, 0.1) is 11.5 Å². The maximum Gasteiger partial charge on any atom is 0.269 e. The molecular formula is C16H14N2O5. The van der Waals surface area contributed by atoms with Crippen molar-refractivity contribution in [3.8, 4) is 11.5 Å². The lowest BCUT2D eigenvalue weighted by molar-refractivity contribution is -0.384. The number of ether oxygens (including phenoxy) is 2. The Morgan fingerprint density at radius 2 is 1.87 bits per heavy atom. The minimum absolute atomic E-state index is 0.0535. The van der Waals surface area contributed by atoms with Crippen LogP contribution in [0.5, 0.6) is 11.5 Å². The molecule has 23 heavy (non-hydrogen) atoms. The third-order valence-corrected chi connectivity index (χ3v) is 3.40. The van der Waals surface area contributed by atoms with E-state index in [9.17, 15) is 14.9 Å². The van der Waals surface area contributed by atoms with Crippen LogP contribution in [-0.4, -0.2) is 30.1 Å². The fraction of sp³-hybridized carbons (Fsp3) is 0.188. The molecule has 2 aromatic rings. The van der Waals surface area contributed by atoms with Crippen molar-refractivity contribution in [1.29, 1.82) is 0 Å². The van der Waals surface area contributed by atoms with Crippen molar-refractivity contribution in [3.05, 3.63) is 64.2 Å². The van der Waals surface area contributed by atoms with Crippen LogP contribution in [0.25, 0.3) is 0 Å². The molecule has 0 saturated carbocycles. The number of carbonyl (C=O) groups excluding carboxylic acids is 1. The Kier molecular flexibility index (Phi) is 4.09. The largest absolute Gasteiger partial charge is 0.486 e. The molecule has 0 radical (unpaired) electrons. The van der Waals surface area contributed by atoms with Crippen LogP contribution in [0.1, 0.15) is 10.4 Å². The van der Waals surface area contributed by atoms with E-state index in [0.717, 1.165) is 0 Å². The molecule has 7 nitrogen and oxygen atoms in total. The van der Waals surface area contributed by atoms with E-state index in [1.165, 1.54) is 24.3 Å². The van der Waals surface area contributed by atoms with Crippen LogP contribution in [0, 0.1) is 10.1 Å². The van der Waals surface area contributed by atoms with E-state index >= 15 is 0 Å². The highest BCUT2D eigenvalue weighted by molar-refractivity contribution is 5.94. The van der Waals surface area contributed by atoms with E-state index in [1.54, 1.807) is 6.07 Å². The number of fused-ring (bicyclic) bond motifs is 1. The summed E-state index contributed by atoms with van der Waals surface area (Å²) in [6, 6.07) is 12.8. The highest BCUT2D eigenvalue weighted by Gasteiger charge is 2.21. The first-order chi connectivity index (χ1) is 11.1. The number of benzene rings is 2. The summed E-state index contributed by atoms with van der Waals surface area (Å²) >= 11 is 0. The lowest BCUT2D eigenvalue weighted by Gasteiger charge is -2.26. The smallest absolute Gasteiger partial charge is 0.269 e. The Morgan fingerprint density at radius 1 is 1.17 bits per heavy atom. The first kappa shape index (κ1) is 14.8. The predicted molar refractivity (Wildman–Crippen MR) is 81.8 cm³/mol. The summed E-state index contributed by atoms with van der Waals surface area (Å²) in [6.07, 6.45) is -0.285. The van der Waals surface area contributed by atoms with Gasteiger partial charge in [-0.15, -0.1) is 0 Å². The number of carbonyl (C=O) groups is 1. The monoisotopic (exact) mass is 314 g/mol. The van der Waals surface area contributed by atoms with Gasteiger partial charge in [0, 0.05) is 17.7 Å². The lowest BCUT2D eigenvalue weighted by Crippen LogP contribution is -2.40. The molecule has 0 bridgehead atoms. The van der Waals surface area contributed by atoms with Crippen molar-refractivity contribution >= 4 is 11.6 Å². The third kappa shape index (κ3) is 3.39. The van der Waals surface area contributed by atoms with E-state index < -0.39 is 4.92 Å². The summed E-state index contributed by atoms with van der Waals surface area (Å²) in [7, 11) is 0. The average molecular weight is 314 g/mol. The number of nitro benzene ring substituents is 1. The van der Waals surface area contributed by atoms with E-state index in [0.29, 0.717) is 23.7 Å². The summed E-state index contributed by atoms with van der Waals surface area (Å²) in [6.45, 7) is 0.627. The Hall–Kier alpha value is -3.09. The van der Waals surface area contributed by atoms with E-state index in [1.807, 2.05) is 18.2 Å². The van der Waals surface area contributed by atoms with Gasteiger partial charge < -0.3 is 14.8 Å². The molecule has 0 fully saturated rings. The number of non-ortho nitro benzene ring substituents is 1. The van der Waals surface area contributed by atoms with Crippen LogP contribution >= 0.6 is 0 Å². The molecular weight excluding hydrogens is 300 g/mol. The molecule has 118 valence electrons. The SMILES string of the molecule is O=C(NCC1COc2ccccc2O1)c1ccc([N+](=O)[O-])cc1. The summed E-state index contributed by atoms with van der Waals surface area (Å²) in [5, 5.41) is 13.3. The second kappa shape index (κ2) is 6.35. The molecule has 0 aromatic heterocycles. The van der Waals surface area contributed by atoms with Gasteiger partial charge in [0.15, 0.2) is 11.5 Å². The molecule has 0 spiro atoms. The molecule has 1 atom stereocenters. The quantitative estimate of drug-likeness (QED) is 0.690. The number of amides is 1. The van der Waals surface area contributed by atoms with Crippen LogP contribution in [0.3, 0.4) is 0 Å². The van der Waals surface area contributed by atoms with Crippen LogP contribution in [0.15, 0.2) is 48.5 Å². The number of rotatable bonds is 4. The summed E-state index contributed by atoms with van der Waals surface area (Å²) < 4.78 is 11.3. The van der Waals surface area contributed by atoms with Gasteiger partial charge in [-0.1, -0.05) is 12.1 Å². The van der Waals surface area contributed by atoms with Gasteiger partial charge in [-0.25, -0.2) is 0 Å². The normalized spacial score (nSPS) is 15.7. The van der Waals surface area contributed by atoms with Gasteiger partial charge in [0.1, 0.15) is 12.7 Å². The van der Waals surface area contributed by atoms with Crippen molar-refractivity contribution in [2.24, 2.45) is 0 Å². The second-order valence-corrected chi connectivity index (χ2v) is 5.01. The van der Waals surface area contributed by atoms with Gasteiger partial charge in [-0.05, 0) is 24.3 Å². The van der Waals surface area contributed by atoms with Crippen molar-refractivity contribution in [3.63, 3.8) is 0 Å². The molecule has 1 aliphatic rings. The van der Waals surface area contributed by atoms with E-state index in [-0.39, 0.29) is 24.2 Å². The van der Waals surface area contributed by atoms with Crippen LogP contribution in [0.4, 0.5) is 5.69 Å². The topological polar surface area (TPSA) is 90.7 Å². The van der Waals surface area contributed by atoms with E-state index in [2.05, 4.69) is 5.32 Å². The number of nitrogens with zero attached hydrogens (tertiary/aromatic N) is 1. The zero-order valence-electron chi connectivity index (χ0n) is 12.1. The minimum Gasteiger partial charge on any atom is -0.486 e. The summed E-state index contributed by atoms with van der Waals surface area (Å²) in [4.78, 5) is 22.1. The highest BCUT2D eigenvalue weighted by Crippen LogP contribution is 2.30. The number of para-hydroxylation sites is 2. The fourth-order valence-corrected chi connectivity index (χ4v) is 2.21. The molecule has 0 saturated heterocycles. The van der Waals surface area contributed by atoms with Gasteiger partial charge in [0.25, 0.3) is 11.6 Å². The first-order valence-electron chi connectivity index (χ1n) is 7.04. The Balaban J connectivity index is 1.56. The summed E-state index contributed by atoms with van der Waals surface area (Å²) in [5.74, 6) is 1.01. The van der Waals surface area contributed by atoms with Gasteiger partial charge >= 0.3 is 0 Å². The number of hydrogen-bond acceptors (Lipinski definition) is 5. The fourth-order valence-electron chi connectivity index (χ4n) is 2.21. The maximum atomic E-state index is 12.0. The predicted octanol–water partition coefficient (Wildman–Crippen LogP) is 2.16. The van der Waals surface area contributed by atoms with Crippen LogP contribution in [-0.2, 0) is 0 Å². The molecule has 7 heteroatoms. The minimum atomic E-state index is -0.508. The molecule has 1 aliphatic heterocycles. The van der Waals surface area contributed by atoms with Crippen molar-refractivity contribution in [1.82, 2.24) is 5.32 Å². The Morgan fingerprint density at radius 3 is 2.57 bits per heavy atom. The average Bonchev–Trinajstić information content (AvgIpc) is 2.59. The Labute approximate surface area is 132 Å². The zero-order chi connectivity index (χ0) is 16.2.